The highest BCUT2D eigenvalue weighted by Gasteiger charge is 2.67. The number of allylic oxidation sites excluding steroid dienone is 3. The van der Waals surface area contributed by atoms with Gasteiger partial charge in [0.1, 0.15) is 12.4 Å². The largest absolute Gasteiger partial charge is 0.388 e. The van der Waals surface area contributed by atoms with E-state index in [-0.39, 0.29) is 17.1 Å². The summed E-state index contributed by atoms with van der Waals surface area (Å²) >= 11 is 0. The predicted molar refractivity (Wildman–Crippen MR) is 134 cm³/mol. The van der Waals surface area contributed by atoms with Crippen LogP contribution in [0.3, 0.4) is 0 Å². The molecule has 2 aromatic rings. The van der Waals surface area contributed by atoms with Crippen molar-refractivity contribution in [3.63, 3.8) is 0 Å². The molecule has 1 saturated carbocycles. The Labute approximate surface area is 206 Å². The van der Waals surface area contributed by atoms with E-state index in [1.807, 2.05) is 25.2 Å². The van der Waals surface area contributed by atoms with Gasteiger partial charge in [0.2, 0.25) is 0 Å². The van der Waals surface area contributed by atoms with Crippen molar-refractivity contribution >= 4 is 16.5 Å². The third kappa shape index (κ3) is 2.74. The SMILES string of the molecule is CN(C)[C@H]1C[C@@]23CC[C@@]4(O2)C(=CC[C@]2(C)C(c5ccc6ncncc6c5)=CCC24)C=C3[C@@H](O)[C@@H]1O. The first-order valence-electron chi connectivity index (χ1n) is 12.8. The maximum atomic E-state index is 11.1. The van der Waals surface area contributed by atoms with E-state index >= 15 is 0 Å². The van der Waals surface area contributed by atoms with Crippen LogP contribution in [0.5, 0.6) is 0 Å². The number of fused-ring (bicyclic) bond motifs is 2. The van der Waals surface area contributed by atoms with Gasteiger partial charge in [-0.25, -0.2) is 9.97 Å². The first-order valence-corrected chi connectivity index (χ1v) is 12.8. The molecular weight excluding hydrogens is 438 g/mol. The van der Waals surface area contributed by atoms with Gasteiger partial charge in [-0.1, -0.05) is 31.2 Å². The van der Waals surface area contributed by atoms with Gasteiger partial charge in [0, 0.05) is 29.0 Å². The molecule has 2 bridgehead atoms. The van der Waals surface area contributed by atoms with Crippen molar-refractivity contribution < 1.29 is 14.9 Å². The van der Waals surface area contributed by atoms with Crippen LogP contribution in [-0.4, -0.2) is 68.6 Å². The van der Waals surface area contributed by atoms with Crippen LogP contribution in [0.2, 0.25) is 0 Å². The summed E-state index contributed by atoms with van der Waals surface area (Å²) in [6.07, 6.45) is 13.2. The zero-order valence-electron chi connectivity index (χ0n) is 20.6. The molecular formula is C29H33N3O3. The van der Waals surface area contributed by atoms with Crippen LogP contribution in [0.1, 0.15) is 44.6 Å². The molecule has 2 aliphatic heterocycles. The lowest BCUT2D eigenvalue weighted by atomic mass is 9.58. The van der Waals surface area contributed by atoms with Gasteiger partial charge >= 0.3 is 0 Å². The fourth-order valence-electron chi connectivity index (χ4n) is 8.10. The second-order valence-corrected chi connectivity index (χ2v) is 11.7. The Morgan fingerprint density at radius 3 is 2.83 bits per heavy atom. The summed E-state index contributed by atoms with van der Waals surface area (Å²) in [6.45, 7) is 2.40. The molecule has 5 aliphatic rings. The minimum absolute atomic E-state index is 0.0303. The lowest BCUT2D eigenvalue weighted by molar-refractivity contribution is -0.161. The van der Waals surface area contributed by atoms with Gasteiger partial charge in [-0.15, -0.1) is 0 Å². The third-order valence-electron chi connectivity index (χ3n) is 9.91. The van der Waals surface area contributed by atoms with Crippen molar-refractivity contribution in [2.45, 2.75) is 68.5 Å². The number of ether oxygens (including phenoxy) is 1. The van der Waals surface area contributed by atoms with Crippen molar-refractivity contribution in [3.05, 3.63) is 65.7 Å². The summed E-state index contributed by atoms with van der Waals surface area (Å²) in [5.41, 5.74) is 4.83. The number of aliphatic hydroxyl groups excluding tert-OH is 2. The van der Waals surface area contributed by atoms with Crippen LogP contribution in [0.4, 0.5) is 0 Å². The Morgan fingerprint density at radius 2 is 2.00 bits per heavy atom. The number of aromatic nitrogens is 2. The average molecular weight is 472 g/mol. The first kappa shape index (κ1) is 21.9. The lowest BCUT2D eigenvalue weighted by Gasteiger charge is -2.55. The standard InChI is InChI=1S/C29H33N3O3/c1-27-9-8-19-13-21-25(33)26(34)23(32(2)3)14-28(21)10-11-29(19,35-28)24(27)7-5-20(27)17-4-6-22-18(12-17)15-30-16-31-22/h4-6,8,12-13,15-16,23-26,33-34H,7,9-11,14H2,1-3H3/t23-,24?,25+,26+,27+,28+,29+/m0/s1. The van der Waals surface area contributed by atoms with Gasteiger partial charge in [0.05, 0.1) is 22.8 Å². The number of benzene rings is 1. The summed E-state index contributed by atoms with van der Waals surface area (Å²) in [5.74, 6) is 0.340. The molecule has 6 heteroatoms. The van der Waals surface area contributed by atoms with E-state index in [1.165, 1.54) is 16.7 Å². The molecule has 1 unspecified atom stereocenters. The van der Waals surface area contributed by atoms with Crippen LogP contribution in [0, 0.1) is 11.3 Å². The van der Waals surface area contributed by atoms with Crippen molar-refractivity contribution in [2.24, 2.45) is 11.3 Å². The van der Waals surface area contributed by atoms with Gasteiger partial charge in [0.25, 0.3) is 0 Å². The van der Waals surface area contributed by atoms with Gasteiger partial charge in [-0.05, 0) is 80.6 Å². The van der Waals surface area contributed by atoms with E-state index in [0.29, 0.717) is 12.3 Å². The summed E-state index contributed by atoms with van der Waals surface area (Å²) in [4.78, 5) is 10.6. The van der Waals surface area contributed by atoms with E-state index in [0.717, 1.165) is 42.2 Å². The van der Waals surface area contributed by atoms with Gasteiger partial charge in [0.15, 0.2) is 0 Å². The third-order valence-corrected chi connectivity index (χ3v) is 9.91. The van der Waals surface area contributed by atoms with Gasteiger partial charge in [-0.2, -0.15) is 0 Å². The summed E-state index contributed by atoms with van der Waals surface area (Å²) in [7, 11) is 3.95. The zero-order chi connectivity index (χ0) is 24.2. The second kappa shape index (κ2) is 7.10. The van der Waals surface area contributed by atoms with E-state index in [1.54, 1.807) is 6.33 Å². The fraction of sp³-hybridized carbons (Fsp3) is 0.517. The zero-order valence-corrected chi connectivity index (χ0v) is 20.6. The minimum atomic E-state index is -0.890. The normalized spacial score (nSPS) is 41.7. The first-order chi connectivity index (χ1) is 16.8. The van der Waals surface area contributed by atoms with E-state index in [9.17, 15) is 10.2 Å². The molecule has 1 saturated heterocycles. The molecule has 6 nitrogen and oxygen atoms in total. The highest BCUT2D eigenvalue weighted by Crippen LogP contribution is 2.67. The van der Waals surface area contributed by atoms with Crippen molar-refractivity contribution in [3.8, 4) is 0 Å². The monoisotopic (exact) mass is 471 g/mol. The molecule has 3 heterocycles. The van der Waals surface area contributed by atoms with Gasteiger partial charge < -0.3 is 19.8 Å². The van der Waals surface area contributed by atoms with Crippen molar-refractivity contribution in [1.29, 1.82) is 0 Å². The topological polar surface area (TPSA) is 78.7 Å². The number of rotatable bonds is 2. The molecule has 2 fully saturated rings. The highest BCUT2D eigenvalue weighted by atomic mass is 16.5. The number of hydrogen-bond donors (Lipinski definition) is 2. The van der Waals surface area contributed by atoms with Crippen molar-refractivity contribution in [2.75, 3.05) is 14.1 Å². The van der Waals surface area contributed by atoms with Crippen LogP contribution in [0.15, 0.2) is 60.1 Å². The quantitative estimate of drug-likeness (QED) is 0.696. The predicted octanol–water partition coefficient (Wildman–Crippen LogP) is 3.65. The van der Waals surface area contributed by atoms with E-state index in [4.69, 9.17) is 4.74 Å². The minimum Gasteiger partial charge on any atom is -0.388 e. The fourth-order valence-corrected chi connectivity index (χ4v) is 8.10. The second-order valence-electron chi connectivity index (χ2n) is 11.7. The van der Waals surface area contributed by atoms with Crippen LogP contribution >= 0.6 is 0 Å². The van der Waals surface area contributed by atoms with Crippen molar-refractivity contribution in [1.82, 2.24) is 14.9 Å². The molecule has 3 aliphatic carbocycles. The Hall–Kier alpha value is -2.38. The number of aliphatic hydroxyl groups is 2. The highest BCUT2D eigenvalue weighted by molar-refractivity contribution is 5.84. The van der Waals surface area contributed by atoms with E-state index < -0.39 is 17.8 Å². The van der Waals surface area contributed by atoms with E-state index in [2.05, 4.69) is 53.3 Å². The number of hydrogen-bond acceptors (Lipinski definition) is 6. The molecule has 35 heavy (non-hydrogen) atoms. The molecule has 1 aromatic carbocycles. The smallest absolute Gasteiger partial charge is 0.116 e. The maximum Gasteiger partial charge on any atom is 0.116 e. The van der Waals surface area contributed by atoms with Crippen LogP contribution in [0.25, 0.3) is 16.5 Å². The number of nitrogens with zero attached hydrogens (tertiary/aromatic N) is 3. The molecule has 7 rings (SSSR count). The van der Waals surface area contributed by atoms with Crippen LogP contribution < -0.4 is 0 Å². The summed E-state index contributed by atoms with van der Waals surface area (Å²) < 4.78 is 7.23. The summed E-state index contributed by atoms with van der Waals surface area (Å²) in [6, 6.07) is 6.39. The Balaban J connectivity index is 1.30. The van der Waals surface area contributed by atoms with Crippen LogP contribution in [-0.2, 0) is 4.74 Å². The lowest BCUT2D eigenvalue weighted by Crippen LogP contribution is -2.61. The summed E-state index contributed by atoms with van der Waals surface area (Å²) in [5, 5.41) is 23.1. The molecule has 2 N–H and O–H groups in total. The maximum absolute atomic E-state index is 11.1. The molecule has 182 valence electrons. The Morgan fingerprint density at radius 1 is 1.14 bits per heavy atom. The Bertz CT molecular complexity index is 1330. The Kier molecular flexibility index (Phi) is 4.44. The molecule has 1 aromatic heterocycles. The molecule has 2 spiro atoms. The molecule has 0 radical (unpaired) electrons. The number of likely N-dealkylation sites (N-methyl/N-ethyl adjacent to an activating group) is 1. The molecule has 7 atom stereocenters. The average Bonchev–Trinajstić information content (AvgIpc) is 3.37. The molecule has 0 amide bonds. The van der Waals surface area contributed by atoms with Gasteiger partial charge in [-0.3, -0.25) is 0 Å².